The van der Waals surface area contributed by atoms with E-state index in [1.165, 1.54) is 17.7 Å². The van der Waals surface area contributed by atoms with Crippen LogP contribution >= 0.6 is 12.2 Å². The van der Waals surface area contributed by atoms with Gasteiger partial charge in [-0.2, -0.15) is 4.99 Å². The summed E-state index contributed by atoms with van der Waals surface area (Å²) in [4.78, 5) is 3.35. The van der Waals surface area contributed by atoms with Gasteiger partial charge in [0.05, 0.1) is 5.16 Å². The van der Waals surface area contributed by atoms with E-state index < -0.39 is 23.1 Å². The number of aryl methyl sites for hydroxylation is 1. The van der Waals surface area contributed by atoms with E-state index in [2.05, 4.69) is 36.0 Å². The molecule has 3 rings (SSSR count). The number of hydrogen-bond acceptors (Lipinski definition) is 2. The second kappa shape index (κ2) is 10.0. The average molecular weight is 421 g/mol. The molecule has 0 unspecified atom stereocenters. The first-order valence-corrected chi connectivity index (χ1v) is 9.90. The Balaban J connectivity index is 1.83. The van der Waals surface area contributed by atoms with E-state index in [9.17, 15) is 13.2 Å². The molecule has 0 aliphatic rings. The molecule has 0 heterocycles. The van der Waals surface area contributed by atoms with Crippen molar-refractivity contribution in [1.82, 2.24) is 0 Å². The highest BCUT2D eigenvalue weighted by Gasteiger charge is 2.14. The van der Waals surface area contributed by atoms with Crippen LogP contribution in [0.5, 0.6) is 0 Å². The zero-order chi connectivity index (χ0) is 21.5. The van der Waals surface area contributed by atoms with Crippen LogP contribution in [0.3, 0.4) is 0 Å². The first-order chi connectivity index (χ1) is 14.5. The quantitative estimate of drug-likeness (QED) is 0.240. The van der Waals surface area contributed by atoms with E-state index >= 15 is 0 Å². The Morgan fingerprint density at radius 1 is 0.833 bits per heavy atom. The number of unbranched alkanes of at least 4 members (excludes halogenated alkanes) is 1. The van der Waals surface area contributed by atoms with Gasteiger partial charge >= 0.3 is 0 Å². The molecular formula is C25H18F3NS. The molecule has 0 saturated heterocycles. The predicted molar refractivity (Wildman–Crippen MR) is 117 cm³/mol. The molecule has 3 aromatic rings. The summed E-state index contributed by atoms with van der Waals surface area (Å²) in [5.74, 6) is 3.43. The highest BCUT2D eigenvalue weighted by molar-refractivity contribution is 7.78. The van der Waals surface area contributed by atoms with Gasteiger partial charge in [-0.15, -0.1) is 0 Å². The molecule has 3 aromatic carbocycles. The van der Waals surface area contributed by atoms with Gasteiger partial charge in [-0.25, -0.2) is 13.2 Å². The van der Waals surface area contributed by atoms with Crippen molar-refractivity contribution in [3.05, 3.63) is 88.7 Å². The van der Waals surface area contributed by atoms with Crippen LogP contribution in [0.1, 0.15) is 36.5 Å². The van der Waals surface area contributed by atoms with Crippen molar-refractivity contribution in [3.63, 3.8) is 0 Å². The van der Waals surface area contributed by atoms with Crippen molar-refractivity contribution < 1.29 is 13.2 Å². The predicted octanol–water partition coefficient (Wildman–Crippen LogP) is 7.25. The molecule has 0 aliphatic heterocycles. The molecule has 30 heavy (non-hydrogen) atoms. The number of nitrogens with zero attached hydrogens (tertiary/aromatic N) is 1. The van der Waals surface area contributed by atoms with Gasteiger partial charge in [0.1, 0.15) is 11.5 Å². The molecule has 5 heteroatoms. The van der Waals surface area contributed by atoms with Gasteiger partial charge in [-0.3, -0.25) is 0 Å². The van der Waals surface area contributed by atoms with E-state index in [0.717, 1.165) is 37.0 Å². The fourth-order valence-electron chi connectivity index (χ4n) is 2.98. The van der Waals surface area contributed by atoms with Crippen LogP contribution in [0.2, 0.25) is 0 Å². The van der Waals surface area contributed by atoms with E-state index in [-0.39, 0.29) is 11.1 Å². The van der Waals surface area contributed by atoms with E-state index in [4.69, 9.17) is 0 Å². The summed E-state index contributed by atoms with van der Waals surface area (Å²) in [5, 5.41) is 1.92. The summed E-state index contributed by atoms with van der Waals surface area (Å²) in [6, 6.07) is 14.3. The lowest BCUT2D eigenvalue weighted by molar-refractivity contribution is 0.588. The fraction of sp³-hybridized carbons (Fsp3) is 0.160. The molecule has 0 amide bonds. The van der Waals surface area contributed by atoms with Crippen molar-refractivity contribution in [2.45, 2.75) is 26.2 Å². The van der Waals surface area contributed by atoms with Crippen LogP contribution in [0.25, 0.3) is 11.1 Å². The molecule has 150 valence electrons. The molecule has 0 aromatic heterocycles. The van der Waals surface area contributed by atoms with Gasteiger partial charge in [-0.05, 0) is 72.6 Å². The number of aliphatic imine (C=N–C) groups is 1. The third kappa shape index (κ3) is 5.24. The lowest BCUT2D eigenvalue weighted by Crippen LogP contribution is -1.90. The molecule has 0 fully saturated rings. The molecule has 0 aliphatic carbocycles. The number of hydrogen-bond donors (Lipinski definition) is 0. The third-order valence-electron chi connectivity index (χ3n) is 4.58. The lowest BCUT2D eigenvalue weighted by Gasteiger charge is -2.06. The lowest BCUT2D eigenvalue weighted by atomic mass is 10.0. The van der Waals surface area contributed by atoms with E-state index in [0.29, 0.717) is 5.56 Å². The number of halogens is 3. The van der Waals surface area contributed by atoms with Crippen LogP contribution in [0.4, 0.5) is 18.9 Å². The molecule has 0 spiro atoms. The van der Waals surface area contributed by atoms with Gasteiger partial charge < -0.3 is 0 Å². The van der Waals surface area contributed by atoms with Crippen molar-refractivity contribution in [2.75, 3.05) is 0 Å². The van der Waals surface area contributed by atoms with Crippen molar-refractivity contribution in [3.8, 4) is 23.0 Å². The second-order valence-corrected chi connectivity index (χ2v) is 6.92. The van der Waals surface area contributed by atoms with Gasteiger partial charge in [0, 0.05) is 16.7 Å². The summed E-state index contributed by atoms with van der Waals surface area (Å²) in [6.45, 7) is 2.15. The minimum atomic E-state index is -0.937. The van der Waals surface area contributed by atoms with Gasteiger partial charge in [-0.1, -0.05) is 43.4 Å². The normalized spacial score (nSPS) is 10.1. The first kappa shape index (κ1) is 21.5. The summed E-state index contributed by atoms with van der Waals surface area (Å²) < 4.78 is 42.7. The smallest absolute Gasteiger partial charge is 0.153 e. The summed E-state index contributed by atoms with van der Waals surface area (Å²) in [6.07, 6.45) is 3.33. The number of thiocarbonyl (C=S) groups is 1. The minimum absolute atomic E-state index is 0.0630. The summed E-state index contributed by atoms with van der Waals surface area (Å²) in [7, 11) is 0. The van der Waals surface area contributed by atoms with Crippen molar-refractivity contribution in [2.24, 2.45) is 4.99 Å². The fourth-order valence-corrected chi connectivity index (χ4v) is 3.07. The Labute approximate surface area is 179 Å². The largest absolute Gasteiger partial charge is 0.206 e. The maximum absolute atomic E-state index is 14.6. The van der Waals surface area contributed by atoms with Crippen LogP contribution in [0.15, 0.2) is 59.6 Å². The van der Waals surface area contributed by atoms with Gasteiger partial charge in [0.15, 0.2) is 11.6 Å². The number of isothiocyanates is 1. The Kier molecular flexibility index (Phi) is 7.19. The molecule has 0 atom stereocenters. The summed E-state index contributed by atoms with van der Waals surface area (Å²) in [5.41, 5.74) is 2.15. The topological polar surface area (TPSA) is 12.4 Å². The zero-order valence-corrected chi connectivity index (χ0v) is 17.1. The van der Waals surface area contributed by atoms with Crippen LogP contribution in [-0.2, 0) is 6.42 Å². The Bertz CT molecular complexity index is 1140. The van der Waals surface area contributed by atoms with Crippen LogP contribution in [-0.4, -0.2) is 5.16 Å². The Morgan fingerprint density at radius 3 is 2.07 bits per heavy atom. The highest BCUT2D eigenvalue weighted by Crippen LogP contribution is 2.30. The number of benzene rings is 3. The summed E-state index contributed by atoms with van der Waals surface area (Å²) >= 11 is 4.37. The van der Waals surface area contributed by atoms with Gasteiger partial charge in [0.25, 0.3) is 0 Å². The molecule has 1 nitrogen and oxygen atoms in total. The third-order valence-corrected chi connectivity index (χ3v) is 4.67. The molecule has 0 radical (unpaired) electrons. The zero-order valence-electron chi connectivity index (χ0n) is 16.3. The molecule has 0 saturated carbocycles. The Hall–Kier alpha value is -3.19. The van der Waals surface area contributed by atoms with E-state index in [1.54, 1.807) is 6.07 Å². The Morgan fingerprint density at radius 2 is 1.47 bits per heavy atom. The molecule has 0 bridgehead atoms. The molecule has 0 N–H and O–H groups in total. The standard InChI is InChI=1S/C25H18F3NS/c1-2-3-4-17-5-7-18(8-6-17)9-10-19-11-12-21(22(26)13-19)20-14-23(27)25(29-16-30)24(28)15-20/h5-8,11-15H,2-4H2,1H3. The van der Waals surface area contributed by atoms with Crippen LogP contribution in [0, 0.1) is 29.3 Å². The van der Waals surface area contributed by atoms with Crippen LogP contribution < -0.4 is 0 Å². The second-order valence-electron chi connectivity index (χ2n) is 6.74. The highest BCUT2D eigenvalue weighted by atomic mass is 32.1. The minimum Gasteiger partial charge on any atom is -0.206 e. The maximum Gasteiger partial charge on any atom is 0.153 e. The number of rotatable bonds is 5. The van der Waals surface area contributed by atoms with E-state index in [1.807, 2.05) is 29.4 Å². The van der Waals surface area contributed by atoms with Crippen molar-refractivity contribution in [1.29, 1.82) is 0 Å². The first-order valence-electron chi connectivity index (χ1n) is 9.49. The van der Waals surface area contributed by atoms with Crippen molar-refractivity contribution >= 4 is 23.1 Å². The SMILES string of the molecule is CCCCc1ccc(C#Cc2ccc(-c3cc(F)c(N=C=S)c(F)c3)c(F)c2)cc1. The monoisotopic (exact) mass is 421 g/mol. The van der Waals surface area contributed by atoms with Gasteiger partial charge in [0.2, 0.25) is 0 Å². The maximum atomic E-state index is 14.6. The molecular weight excluding hydrogens is 403 g/mol. The average Bonchev–Trinajstić information content (AvgIpc) is 2.74.